The number of benzene rings is 3. The van der Waals surface area contributed by atoms with Crippen molar-refractivity contribution in [1.29, 1.82) is 0 Å². The number of rotatable bonds is 11. The number of aryl methyl sites for hydroxylation is 2. The number of nitrogens with zero attached hydrogens (tertiary/aromatic N) is 4. The lowest BCUT2D eigenvalue weighted by molar-refractivity contribution is -0.120. The summed E-state index contributed by atoms with van der Waals surface area (Å²) in [6.07, 6.45) is 3.11. The molecule has 0 radical (unpaired) electrons. The second-order valence-electron chi connectivity index (χ2n) is 9.64. The Morgan fingerprint density at radius 2 is 1.80 bits per heavy atom. The molecule has 0 spiro atoms. The zero-order valence-electron chi connectivity index (χ0n) is 22.9. The molecule has 208 valence electrons. The summed E-state index contributed by atoms with van der Waals surface area (Å²) in [6.45, 7) is 0.717. The molecule has 0 aliphatic carbocycles. The van der Waals surface area contributed by atoms with E-state index < -0.39 is 6.04 Å². The van der Waals surface area contributed by atoms with E-state index in [1.165, 1.54) is 5.56 Å². The maximum Gasteiger partial charge on any atom is 0.251 e. The van der Waals surface area contributed by atoms with Crippen molar-refractivity contribution in [3.05, 3.63) is 119 Å². The van der Waals surface area contributed by atoms with E-state index in [0.717, 1.165) is 24.1 Å². The van der Waals surface area contributed by atoms with E-state index in [4.69, 9.17) is 4.74 Å². The number of hydrogen-bond donors (Lipinski definition) is 1. The Hall–Kier alpha value is -4.76. The third-order valence-corrected chi connectivity index (χ3v) is 7.58. The number of hydrogen-bond acceptors (Lipinski definition) is 6. The summed E-state index contributed by atoms with van der Waals surface area (Å²) in [6, 6.07) is 25.4. The van der Waals surface area contributed by atoms with E-state index >= 15 is 0 Å². The van der Waals surface area contributed by atoms with Crippen molar-refractivity contribution in [2.24, 2.45) is 0 Å². The van der Waals surface area contributed by atoms with Crippen molar-refractivity contribution in [3.8, 4) is 17.0 Å². The highest BCUT2D eigenvalue weighted by Gasteiger charge is 2.26. The molecular weight excluding hydrogens is 534 g/mol. The van der Waals surface area contributed by atoms with Crippen LogP contribution < -0.4 is 15.0 Å². The number of methoxy groups -OCH3 is 1. The standard InChI is InChI=1S/C32H31N5O3S/c1-36(27-11-13-28(40-2)14-12-27)32(39)29(19-23-7-4-3-5-8-23)33-31(38)26-10-6-9-25(20-26)30-21-37(35-34-30)17-15-24-16-18-41-22-24/h3-14,16,18,20-22,29H,15,17,19H2,1-2H3,(H,33,38)/t29-/m0/s1. The molecule has 0 aliphatic rings. The molecule has 0 aliphatic heterocycles. The molecule has 8 nitrogen and oxygen atoms in total. The SMILES string of the molecule is COc1ccc(N(C)C(=O)[C@H](Cc2ccccc2)NC(=O)c2cccc(-c3cn(CCc4ccsc4)nn3)c2)cc1. The third kappa shape index (κ3) is 7.06. The van der Waals surface area contributed by atoms with Crippen molar-refractivity contribution < 1.29 is 14.3 Å². The Morgan fingerprint density at radius 3 is 2.54 bits per heavy atom. The smallest absolute Gasteiger partial charge is 0.251 e. The second-order valence-corrected chi connectivity index (χ2v) is 10.4. The maximum absolute atomic E-state index is 13.7. The van der Waals surface area contributed by atoms with Crippen molar-refractivity contribution in [1.82, 2.24) is 20.3 Å². The van der Waals surface area contributed by atoms with E-state index in [2.05, 4.69) is 32.5 Å². The fourth-order valence-corrected chi connectivity index (χ4v) is 5.20. The monoisotopic (exact) mass is 565 g/mol. The van der Waals surface area contributed by atoms with Crippen molar-refractivity contribution in [2.45, 2.75) is 25.4 Å². The number of carbonyl (C=O) groups is 2. The van der Waals surface area contributed by atoms with Gasteiger partial charge in [-0.3, -0.25) is 14.3 Å². The average molecular weight is 566 g/mol. The Bertz CT molecular complexity index is 1580. The van der Waals surface area contributed by atoms with Gasteiger partial charge in [0.1, 0.15) is 17.5 Å². The van der Waals surface area contributed by atoms with E-state index in [-0.39, 0.29) is 11.8 Å². The van der Waals surface area contributed by atoms with Crippen LogP contribution in [0.25, 0.3) is 11.3 Å². The molecule has 0 fully saturated rings. The van der Waals surface area contributed by atoms with E-state index in [1.54, 1.807) is 54.7 Å². The largest absolute Gasteiger partial charge is 0.497 e. The van der Waals surface area contributed by atoms with Crippen LogP contribution in [0.3, 0.4) is 0 Å². The molecule has 2 amide bonds. The molecular formula is C32H31N5O3S. The minimum Gasteiger partial charge on any atom is -0.497 e. The number of aromatic nitrogens is 3. The van der Waals surface area contributed by atoms with Crippen LogP contribution >= 0.6 is 11.3 Å². The second kappa shape index (κ2) is 13.1. The van der Waals surface area contributed by atoms with Gasteiger partial charge in [-0.1, -0.05) is 47.7 Å². The zero-order chi connectivity index (χ0) is 28.6. The minimum absolute atomic E-state index is 0.225. The van der Waals surface area contributed by atoms with Gasteiger partial charge in [-0.05, 0) is 70.8 Å². The first-order valence-electron chi connectivity index (χ1n) is 13.3. The van der Waals surface area contributed by atoms with Gasteiger partial charge in [0.15, 0.2) is 0 Å². The summed E-state index contributed by atoms with van der Waals surface area (Å²) >= 11 is 1.68. The quantitative estimate of drug-likeness (QED) is 0.236. The predicted molar refractivity (Wildman–Crippen MR) is 161 cm³/mol. The number of likely N-dealkylation sites (N-methyl/N-ethyl adjacent to an activating group) is 1. The molecule has 9 heteroatoms. The Morgan fingerprint density at radius 1 is 1.00 bits per heavy atom. The number of nitrogens with one attached hydrogen (secondary N) is 1. The molecule has 0 saturated carbocycles. The van der Waals surface area contributed by atoms with E-state index in [0.29, 0.717) is 29.1 Å². The summed E-state index contributed by atoms with van der Waals surface area (Å²) < 4.78 is 7.05. The predicted octanol–water partition coefficient (Wildman–Crippen LogP) is 5.26. The normalized spacial score (nSPS) is 11.6. The summed E-state index contributed by atoms with van der Waals surface area (Å²) in [5.74, 6) is 0.136. The Kier molecular flexibility index (Phi) is 8.85. The lowest BCUT2D eigenvalue weighted by atomic mass is 10.0. The molecule has 3 aromatic carbocycles. The average Bonchev–Trinajstić information content (AvgIpc) is 3.72. The molecule has 41 heavy (non-hydrogen) atoms. The summed E-state index contributed by atoms with van der Waals surface area (Å²) in [5, 5.41) is 15.7. The van der Waals surface area contributed by atoms with Gasteiger partial charge in [-0.25, -0.2) is 0 Å². The van der Waals surface area contributed by atoms with Crippen LogP contribution in [0.15, 0.2) is 102 Å². The molecule has 2 aromatic heterocycles. The molecule has 1 N–H and O–H groups in total. The van der Waals surface area contributed by atoms with Gasteiger partial charge in [-0.15, -0.1) is 5.10 Å². The lowest BCUT2D eigenvalue weighted by Gasteiger charge is -2.25. The van der Waals surface area contributed by atoms with Crippen LogP contribution in [0.1, 0.15) is 21.5 Å². The topological polar surface area (TPSA) is 89.4 Å². The van der Waals surface area contributed by atoms with Crippen molar-refractivity contribution >= 4 is 28.8 Å². The first-order chi connectivity index (χ1) is 20.0. The summed E-state index contributed by atoms with van der Waals surface area (Å²) in [7, 11) is 3.30. The molecule has 0 bridgehead atoms. The number of thiophene rings is 1. The number of carbonyl (C=O) groups excluding carboxylic acids is 2. The minimum atomic E-state index is -0.779. The Labute approximate surface area is 243 Å². The molecule has 5 aromatic rings. The zero-order valence-corrected chi connectivity index (χ0v) is 23.8. The highest BCUT2D eigenvalue weighted by molar-refractivity contribution is 7.07. The Balaban J connectivity index is 1.32. The summed E-state index contributed by atoms with van der Waals surface area (Å²) in [4.78, 5) is 28.7. The number of ether oxygens (including phenoxy) is 1. The van der Waals surface area contributed by atoms with Gasteiger partial charge in [0.25, 0.3) is 5.91 Å². The lowest BCUT2D eigenvalue weighted by Crippen LogP contribution is -2.48. The van der Waals surface area contributed by atoms with Gasteiger partial charge in [-0.2, -0.15) is 11.3 Å². The van der Waals surface area contributed by atoms with Crippen LogP contribution in [0.2, 0.25) is 0 Å². The van der Waals surface area contributed by atoms with E-state index in [9.17, 15) is 9.59 Å². The van der Waals surface area contributed by atoms with Crippen LogP contribution in [0, 0.1) is 0 Å². The molecule has 0 saturated heterocycles. The van der Waals surface area contributed by atoms with Crippen LogP contribution in [0.5, 0.6) is 5.75 Å². The van der Waals surface area contributed by atoms with Gasteiger partial charge < -0.3 is 15.0 Å². The third-order valence-electron chi connectivity index (χ3n) is 6.85. The van der Waals surface area contributed by atoms with Crippen LogP contribution in [0.4, 0.5) is 5.69 Å². The highest BCUT2D eigenvalue weighted by atomic mass is 32.1. The maximum atomic E-state index is 13.7. The fraction of sp³-hybridized carbons (Fsp3) is 0.188. The summed E-state index contributed by atoms with van der Waals surface area (Å²) in [5.41, 5.74) is 4.81. The van der Waals surface area contributed by atoms with Crippen molar-refractivity contribution in [3.63, 3.8) is 0 Å². The van der Waals surface area contributed by atoms with Gasteiger partial charge in [0, 0.05) is 36.8 Å². The van der Waals surface area contributed by atoms with Crippen molar-refractivity contribution in [2.75, 3.05) is 19.1 Å². The van der Waals surface area contributed by atoms with Gasteiger partial charge in [0.2, 0.25) is 5.91 Å². The van der Waals surface area contributed by atoms with Crippen LogP contribution in [-0.2, 0) is 24.2 Å². The molecule has 1 atom stereocenters. The number of amides is 2. The van der Waals surface area contributed by atoms with Gasteiger partial charge >= 0.3 is 0 Å². The highest BCUT2D eigenvalue weighted by Crippen LogP contribution is 2.21. The fourth-order valence-electron chi connectivity index (χ4n) is 4.50. The van der Waals surface area contributed by atoms with Gasteiger partial charge in [0.05, 0.1) is 13.3 Å². The molecule has 0 unspecified atom stereocenters. The first-order valence-corrected chi connectivity index (χ1v) is 14.2. The molecule has 2 heterocycles. The van der Waals surface area contributed by atoms with Crippen LogP contribution in [-0.4, -0.2) is 47.0 Å². The number of anilines is 1. The molecule has 5 rings (SSSR count). The first kappa shape index (κ1) is 27.8. The van der Waals surface area contributed by atoms with E-state index in [1.807, 2.05) is 65.5 Å².